The maximum absolute atomic E-state index is 6.68. The summed E-state index contributed by atoms with van der Waals surface area (Å²) in [6.07, 6.45) is 0. The Morgan fingerprint density at radius 3 is 1.24 bits per heavy atom. The van der Waals surface area contributed by atoms with E-state index in [-0.39, 0.29) is 0 Å². The van der Waals surface area contributed by atoms with Gasteiger partial charge < -0.3 is 0 Å². The van der Waals surface area contributed by atoms with Crippen LogP contribution < -0.4 is 0 Å². The van der Waals surface area contributed by atoms with Gasteiger partial charge in [-0.05, 0) is 80.6 Å². The van der Waals surface area contributed by atoms with Gasteiger partial charge in [-0.15, -0.1) is 0 Å². The molecule has 6 aromatic carbocycles. The van der Waals surface area contributed by atoms with Crippen molar-refractivity contribution in [2.45, 2.75) is 0 Å². The first kappa shape index (κ1) is 21.0. The van der Waals surface area contributed by atoms with E-state index in [0.29, 0.717) is 0 Å². The molecule has 0 aliphatic heterocycles. The Balaban J connectivity index is 1.74. The molecule has 0 amide bonds. The lowest BCUT2D eigenvalue weighted by Crippen LogP contribution is -1.90. The smallest absolute Gasteiger partial charge is 0.0484 e. The molecular formula is C32H20Cl2. The van der Waals surface area contributed by atoms with Crippen LogP contribution >= 0.6 is 23.2 Å². The largest absolute Gasteiger partial charge is 0.0837 e. The van der Waals surface area contributed by atoms with Gasteiger partial charge in [0.1, 0.15) is 0 Å². The highest BCUT2D eigenvalue weighted by Gasteiger charge is 2.15. The molecule has 0 fully saturated rings. The maximum Gasteiger partial charge on any atom is 0.0484 e. The van der Waals surface area contributed by atoms with Crippen molar-refractivity contribution in [2.24, 2.45) is 0 Å². The monoisotopic (exact) mass is 474 g/mol. The van der Waals surface area contributed by atoms with E-state index >= 15 is 0 Å². The zero-order chi connectivity index (χ0) is 23.1. The first-order chi connectivity index (χ1) is 16.7. The molecule has 6 aromatic rings. The molecule has 0 aliphatic rings. The molecule has 0 radical (unpaired) electrons. The molecule has 0 heterocycles. The van der Waals surface area contributed by atoms with Crippen molar-refractivity contribution < 1.29 is 0 Å². The fraction of sp³-hybridized carbons (Fsp3) is 0. The summed E-state index contributed by atoms with van der Waals surface area (Å²) >= 11 is 13.4. The molecule has 162 valence electrons. The summed E-state index contributed by atoms with van der Waals surface area (Å²) in [7, 11) is 0. The molecule has 0 saturated heterocycles. The summed E-state index contributed by atoms with van der Waals surface area (Å²) in [6, 6.07) is 42.2. The predicted octanol–water partition coefficient (Wildman–Crippen LogP) is 10.3. The van der Waals surface area contributed by atoms with Gasteiger partial charge in [-0.3, -0.25) is 0 Å². The van der Waals surface area contributed by atoms with Gasteiger partial charge in [-0.1, -0.05) is 108 Å². The fourth-order valence-corrected chi connectivity index (χ4v) is 5.23. The normalized spacial score (nSPS) is 11.2. The molecule has 0 bridgehead atoms. The SMILES string of the molecule is Clc1cccc2c(-c3cc(-c4ccccc4)cc(-c4ccccc4)c3)c3cccc(Cl)c3cc12. The van der Waals surface area contributed by atoms with Crippen molar-refractivity contribution in [1.82, 2.24) is 0 Å². The van der Waals surface area contributed by atoms with E-state index in [2.05, 4.69) is 84.9 Å². The van der Waals surface area contributed by atoms with Crippen LogP contribution in [0.4, 0.5) is 0 Å². The van der Waals surface area contributed by atoms with Crippen LogP contribution in [0.3, 0.4) is 0 Å². The topological polar surface area (TPSA) is 0 Å². The Bertz CT molecular complexity index is 1530. The minimum Gasteiger partial charge on any atom is -0.0837 e. The van der Waals surface area contributed by atoms with Crippen LogP contribution in [0.15, 0.2) is 121 Å². The average Bonchev–Trinajstić information content (AvgIpc) is 2.89. The van der Waals surface area contributed by atoms with Crippen molar-refractivity contribution in [1.29, 1.82) is 0 Å². The minimum absolute atomic E-state index is 0.725. The van der Waals surface area contributed by atoms with E-state index in [4.69, 9.17) is 23.2 Å². The third-order valence-corrected chi connectivity index (χ3v) is 7.03. The quantitative estimate of drug-likeness (QED) is 0.223. The van der Waals surface area contributed by atoms with Crippen molar-refractivity contribution in [3.05, 3.63) is 131 Å². The fourth-order valence-electron chi connectivity index (χ4n) is 4.77. The van der Waals surface area contributed by atoms with Crippen LogP contribution in [0.2, 0.25) is 10.0 Å². The molecule has 0 atom stereocenters. The van der Waals surface area contributed by atoms with Gasteiger partial charge in [0.15, 0.2) is 0 Å². The Kier molecular flexibility index (Phi) is 5.34. The van der Waals surface area contributed by atoms with Gasteiger partial charge >= 0.3 is 0 Å². The van der Waals surface area contributed by atoms with Crippen LogP contribution in [0.25, 0.3) is 54.9 Å². The molecule has 0 saturated carbocycles. The lowest BCUT2D eigenvalue weighted by atomic mass is 9.88. The lowest BCUT2D eigenvalue weighted by Gasteiger charge is -2.16. The summed E-state index contributed by atoms with van der Waals surface area (Å²) in [6.45, 7) is 0. The summed E-state index contributed by atoms with van der Waals surface area (Å²) in [5.74, 6) is 0. The Hall–Kier alpha value is -3.58. The number of fused-ring (bicyclic) bond motifs is 2. The number of rotatable bonds is 3. The lowest BCUT2D eigenvalue weighted by molar-refractivity contribution is 1.58. The van der Waals surface area contributed by atoms with Crippen LogP contribution in [-0.2, 0) is 0 Å². The van der Waals surface area contributed by atoms with Crippen molar-refractivity contribution in [3.8, 4) is 33.4 Å². The summed E-state index contributed by atoms with van der Waals surface area (Å²) in [5.41, 5.74) is 6.99. The zero-order valence-electron chi connectivity index (χ0n) is 18.3. The van der Waals surface area contributed by atoms with Gasteiger partial charge in [0.2, 0.25) is 0 Å². The Labute approximate surface area is 209 Å². The molecule has 0 aliphatic carbocycles. The molecule has 0 aromatic heterocycles. The molecular weight excluding hydrogens is 455 g/mol. The third-order valence-electron chi connectivity index (χ3n) is 6.37. The second-order valence-electron chi connectivity index (χ2n) is 8.45. The van der Waals surface area contributed by atoms with Crippen molar-refractivity contribution in [2.75, 3.05) is 0 Å². The molecule has 0 unspecified atom stereocenters. The molecule has 2 heteroatoms. The molecule has 34 heavy (non-hydrogen) atoms. The second kappa shape index (κ2) is 8.65. The summed E-state index contributed by atoms with van der Waals surface area (Å²) < 4.78 is 0. The standard InChI is InChI=1S/C32H20Cl2/c33-30-15-7-13-26-28(30)20-29-27(14-8-16-31(29)34)32(26)25-18-23(21-9-3-1-4-10-21)17-24(19-25)22-11-5-2-6-12-22/h1-20H. The van der Waals surface area contributed by atoms with E-state index < -0.39 is 0 Å². The van der Waals surface area contributed by atoms with Crippen LogP contribution in [0, 0.1) is 0 Å². The molecule has 6 rings (SSSR count). The van der Waals surface area contributed by atoms with Crippen LogP contribution in [0.5, 0.6) is 0 Å². The van der Waals surface area contributed by atoms with Gasteiger partial charge in [-0.25, -0.2) is 0 Å². The Morgan fingerprint density at radius 2 is 0.765 bits per heavy atom. The third kappa shape index (κ3) is 3.66. The minimum atomic E-state index is 0.725. The molecule has 0 N–H and O–H groups in total. The highest BCUT2D eigenvalue weighted by Crippen LogP contribution is 2.43. The number of halogens is 2. The first-order valence-corrected chi connectivity index (χ1v) is 12.0. The number of benzene rings is 6. The van der Waals surface area contributed by atoms with Crippen molar-refractivity contribution in [3.63, 3.8) is 0 Å². The number of hydrogen-bond acceptors (Lipinski definition) is 0. The number of hydrogen-bond donors (Lipinski definition) is 0. The summed E-state index contributed by atoms with van der Waals surface area (Å²) in [4.78, 5) is 0. The predicted molar refractivity (Wildman–Crippen MR) is 148 cm³/mol. The van der Waals surface area contributed by atoms with E-state index in [0.717, 1.165) is 42.7 Å². The van der Waals surface area contributed by atoms with E-state index in [9.17, 15) is 0 Å². The van der Waals surface area contributed by atoms with Crippen molar-refractivity contribution >= 4 is 44.7 Å². The van der Waals surface area contributed by atoms with Gasteiger partial charge in [0, 0.05) is 20.8 Å². The Morgan fingerprint density at radius 1 is 0.324 bits per heavy atom. The van der Waals surface area contributed by atoms with E-state index in [1.54, 1.807) is 0 Å². The van der Waals surface area contributed by atoms with Gasteiger partial charge in [0.25, 0.3) is 0 Å². The van der Waals surface area contributed by atoms with E-state index in [1.807, 2.05) is 36.4 Å². The maximum atomic E-state index is 6.68. The highest BCUT2D eigenvalue weighted by atomic mass is 35.5. The highest BCUT2D eigenvalue weighted by molar-refractivity contribution is 6.39. The second-order valence-corrected chi connectivity index (χ2v) is 9.27. The average molecular weight is 475 g/mol. The zero-order valence-corrected chi connectivity index (χ0v) is 19.8. The van der Waals surface area contributed by atoms with Crippen LogP contribution in [-0.4, -0.2) is 0 Å². The van der Waals surface area contributed by atoms with Gasteiger partial charge in [-0.2, -0.15) is 0 Å². The molecule has 0 spiro atoms. The summed E-state index contributed by atoms with van der Waals surface area (Å²) in [5, 5.41) is 5.70. The van der Waals surface area contributed by atoms with Crippen LogP contribution in [0.1, 0.15) is 0 Å². The first-order valence-electron chi connectivity index (χ1n) is 11.2. The van der Waals surface area contributed by atoms with E-state index in [1.165, 1.54) is 22.3 Å². The molecule has 0 nitrogen and oxygen atoms in total. The van der Waals surface area contributed by atoms with Gasteiger partial charge in [0.05, 0.1) is 0 Å².